The molecule has 29 heavy (non-hydrogen) atoms. The molecule has 1 saturated carbocycles. The normalized spacial score (nSPS) is 21.0. The molecule has 8 heteroatoms. The van der Waals surface area contributed by atoms with Crippen LogP contribution in [0.3, 0.4) is 0 Å². The van der Waals surface area contributed by atoms with Crippen LogP contribution in [0.25, 0.3) is 0 Å². The number of hydrogen-bond acceptors (Lipinski definition) is 5. The predicted octanol–water partition coefficient (Wildman–Crippen LogP) is 2.95. The van der Waals surface area contributed by atoms with Crippen LogP contribution in [0.5, 0.6) is 0 Å². The fourth-order valence-electron chi connectivity index (χ4n) is 4.07. The first-order valence-corrected chi connectivity index (χ1v) is 11.9. The Labute approximate surface area is 173 Å². The van der Waals surface area contributed by atoms with Crippen LogP contribution < -0.4 is 4.90 Å². The molecule has 1 saturated heterocycles. The maximum atomic E-state index is 12.6. The van der Waals surface area contributed by atoms with Gasteiger partial charge in [0.15, 0.2) is 0 Å². The van der Waals surface area contributed by atoms with E-state index in [9.17, 15) is 18.0 Å². The van der Waals surface area contributed by atoms with E-state index in [0.717, 1.165) is 25.7 Å². The molecule has 1 atom stereocenters. The molecule has 0 radical (unpaired) electrons. The lowest BCUT2D eigenvalue weighted by atomic mass is 9.97. The highest BCUT2D eigenvalue weighted by Gasteiger charge is 2.37. The van der Waals surface area contributed by atoms with Crippen molar-refractivity contribution >= 4 is 27.6 Å². The first kappa shape index (κ1) is 21.8. The van der Waals surface area contributed by atoms with Gasteiger partial charge in [0.1, 0.15) is 6.10 Å². The molecule has 2 fully saturated rings. The lowest BCUT2D eigenvalue weighted by molar-refractivity contribution is -0.155. The minimum absolute atomic E-state index is 0.0232. The number of benzene rings is 1. The standard InChI is InChI=1S/C21H30N2O5S/c1-3-22(4-2)29(26,27)19-12-10-17(11-13-19)23-15-16(14-20(23)24)21(25)28-18-8-6-5-7-9-18/h10-13,16,18H,3-9,14-15H2,1-2H3. The number of rotatable bonds is 7. The third-order valence-corrected chi connectivity index (χ3v) is 7.85. The highest BCUT2D eigenvalue weighted by atomic mass is 32.2. The molecule has 1 aromatic carbocycles. The van der Waals surface area contributed by atoms with Gasteiger partial charge in [-0.05, 0) is 49.9 Å². The molecule has 1 aliphatic heterocycles. The summed E-state index contributed by atoms with van der Waals surface area (Å²) in [5, 5.41) is 0. The first-order chi connectivity index (χ1) is 13.9. The van der Waals surface area contributed by atoms with Gasteiger partial charge in [-0.25, -0.2) is 8.42 Å². The average Bonchev–Trinajstić information content (AvgIpc) is 3.11. The zero-order valence-electron chi connectivity index (χ0n) is 17.2. The van der Waals surface area contributed by atoms with Crippen molar-refractivity contribution in [3.63, 3.8) is 0 Å². The summed E-state index contributed by atoms with van der Waals surface area (Å²) in [5.41, 5.74) is 0.599. The quantitative estimate of drug-likeness (QED) is 0.631. The van der Waals surface area contributed by atoms with E-state index < -0.39 is 15.9 Å². The molecule has 0 bridgehead atoms. The molecular formula is C21H30N2O5S. The molecule has 1 unspecified atom stereocenters. The fourth-order valence-corrected chi connectivity index (χ4v) is 5.53. The molecule has 7 nitrogen and oxygen atoms in total. The summed E-state index contributed by atoms with van der Waals surface area (Å²) in [7, 11) is -3.54. The number of carbonyl (C=O) groups is 2. The summed E-state index contributed by atoms with van der Waals surface area (Å²) in [6, 6.07) is 6.29. The molecule has 0 N–H and O–H groups in total. The Bertz CT molecular complexity index is 827. The topological polar surface area (TPSA) is 84.0 Å². The Hall–Kier alpha value is -1.93. The van der Waals surface area contributed by atoms with Gasteiger partial charge in [-0.15, -0.1) is 0 Å². The number of sulfonamides is 1. The largest absolute Gasteiger partial charge is 0.462 e. The van der Waals surface area contributed by atoms with Crippen molar-refractivity contribution in [2.45, 2.75) is 63.4 Å². The highest BCUT2D eigenvalue weighted by Crippen LogP contribution is 2.29. The number of carbonyl (C=O) groups excluding carboxylic acids is 2. The summed E-state index contributed by atoms with van der Waals surface area (Å²) < 4.78 is 32.2. The van der Waals surface area contributed by atoms with Crippen molar-refractivity contribution in [1.82, 2.24) is 4.31 Å². The molecule has 3 rings (SSSR count). The molecule has 2 aliphatic rings. The van der Waals surface area contributed by atoms with Gasteiger partial charge in [-0.1, -0.05) is 20.3 Å². The number of anilines is 1. The lowest BCUT2D eigenvalue weighted by Crippen LogP contribution is -2.31. The maximum Gasteiger partial charge on any atom is 0.311 e. The van der Waals surface area contributed by atoms with Crippen LogP contribution in [0.2, 0.25) is 0 Å². The van der Waals surface area contributed by atoms with Crippen molar-refractivity contribution in [3.8, 4) is 0 Å². The molecule has 0 spiro atoms. The second-order valence-corrected chi connectivity index (χ2v) is 9.62. The van der Waals surface area contributed by atoms with E-state index in [-0.39, 0.29) is 35.8 Å². The monoisotopic (exact) mass is 422 g/mol. The van der Waals surface area contributed by atoms with Crippen molar-refractivity contribution in [1.29, 1.82) is 0 Å². The second-order valence-electron chi connectivity index (χ2n) is 7.69. The predicted molar refractivity (Wildman–Crippen MR) is 110 cm³/mol. The minimum Gasteiger partial charge on any atom is -0.462 e. The summed E-state index contributed by atoms with van der Waals surface area (Å²) in [6.45, 7) is 4.66. The van der Waals surface area contributed by atoms with E-state index in [2.05, 4.69) is 0 Å². The van der Waals surface area contributed by atoms with Crippen LogP contribution in [0, 0.1) is 5.92 Å². The van der Waals surface area contributed by atoms with Crippen LogP contribution in [0.15, 0.2) is 29.2 Å². The van der Waals surface area contributed by atoms with Gasteiger partial charge in [0, 0.05) is 31.7 Å². The molecule has 1 heterocycles. The van der Waals surface area contributed by atoms with Gasteiger partial charge < -0.3 is 9.64 Å². The van der Waals surface area contributed by atoms with Crippen molar-refractivity contribution in [2.24, 2.45) is 5.92 Å². The van der Waals surface area contributed by atoms with Crippen molar-refractivity contribution in [3.05, 3.63) is 24.3 Å². The Morgan fingerprint density at radius 1 is 1.10 bits per heavy atom. The molecule has 0 aromatic heterocycles. The smallest absolute Gasteiger partial charge is 0.311 e. The molecule has 1 aliphatic carbocycles. The van der Waals surface area contributed by atoms with Gasteiger partial charge in [0.25, 0.3) is 0 Å². The summed E-state index contributed by atoms with van der Waals surface area (Å²) in [5.74, 6) is -0.910. The van der Waals surface area contributed by atoms with E-state index in [1.54, 1.807) is 30.9 Å². The van der Waals surface area contributed by atoms with Gasteiger partial charge in [0.05, 0.1) is 10.8 Å². The second kappa shape index (κ2) is 9.26. The highest BCUT2D eigenvalue weighted by molar-refractivity contribution is 7.89. The van der Waals surface area contributed by atoms with Gasteiger partial charge in [-0.3, -0.25) is 9.59 Å². The molecule has 1 amide bonds. The van der Waals surface area contributed by atoms with Crippen molar-refractivity contribution in [2.75, 3.05) is 24.5 Å². The Morgan fingerprint density at radius 2 is 1.72 bits per heavy atom. The zero-order valence-corrected chi connectivity index (χ0v) is 18.0. The number of esters is 1. The van der Waals surface area contributed by atoms with Crippen LogP contribution in [-0.2, 0) is 24.3 Å². The Morgan fingerprint density at radius 3 is 2.31 bits per heavy atom. The Balaban J connectivity index is 1.66. The van der Waals surface area contributed by atoms with Crippen LogP contribution in [-0.4, -0.2) is 50.3 Å². The Kier molecular flexibility index (Phi) is 6.95. The van der Waals surface area contributed by atoms with Gasteiger partial charge >= 0.3 is 5.97 Å². The van der Waals surface area contributed by atoms with Crippen molar-refractivity contribution < 1.29 is 22.7 Å². The first-order valence-electron chi connectivity index (χ1n) is 10.5. The zero-order chi connectivity index (χ0) is 21.0. The van der Waals surface area contributed by atoms with E-state index in [1.165, 1.54) is 22.9 Å². The third kappa shape index (κ3) is 4.80. The summed E-state index contributed by atoms with van der Waals surface area (Å²) >= 11 is 0. The van der Waals surface area contributed by atoms with Gasteiger partial charge in [0.2, 0.25) is 15.9 Å². The number of nitrogens with zero attached hydrogens (tertiary/aromatic N) is 2. The summed E-state index contributed by atoms with van der Waals surface area (Å²) in [4.78, 5) is 26.7. The molecule has 1 aromatic rings. The number of amides is 1. The SMILES string of the molecule is CCN(CC)S(=O)(=O)c1ccc(N2CC(C(=O)OC3CCCCC3)CC2=O)cc1. The fraction of sp³-hybridized carbons (Fsp3) is 0.619. The maximum absolute atomic E-state index is 12.6. The van der Waals surface area contributed by atoms with Crippen LogP contribution in [0.1, 0.15) is 52.4 Å². The van der Waals surface area contributed by atoms with Gasteiger partial charge in [-0.2, -0.15) is 4.31 Å². The average molecular weight is 423 g/mol. The number of hydrogen-bond donors (Lipinski definition) is 0. The summed E-state index contributed by atoms with van der Waals surface area (Å²) in [6.07, 6.45) is 5.25. The van der Waals surface area contributed by atoms with Crippen LogP contribution in [0.4, 0.5) is 5.69 Å². The van der Waals surface area contributed by atoms with E-state index in [1.807, 2.05) is 0 Å². The minimum atomic E-state index is -3.54. The lowest BCUT2D eigenvalue weighted by Gasteiger charge is -2.23. The molecular weight excluding hydrogens is 392 g/mol. The van der Waals surface area contributed by atoms with E-state index >= 15 is 0 Å². The van der Waals surface area contributed by atoms with Crippen LogP contribution >= 0.6 is 0 Å². The van der Waals surface area contributed by atoms with E-state index in [0.29, 0.717) is 18.8 Å². The molecule has 160 valence electrons. The van der Waals surface area contributed by atoms with E-state index in [4.69, 9.17) is 4.74 Å². The third-order valence-electron chi connectivity index (χ3n) is 5.78. The number of ether oxygens (including phenoxy) is 1.